The quantitative estimate of drug-likeness (QED) is 0.472. The van der Waals surface area contributed by atoms with Gasteiger partial charge in [-0.25, -0.2) is 4.79 Å². The lowest BCUT2D eigenvalue weighted by Gasteiger charge is -2.28. The topological polar surface area (TPSA) is 73.6 Å². The highest BCUT2D eigenvalue weighted by atomic mass is 16.5. The number of rotatable bonds is 9. The van der Waals surface area contributed by atoms with Crippen LogP contribution in [0.5, 0.6) is 5.75 Å². The summed E-state index contributed by atoms with van der Waals surface area (Å²) in [5.41, 5.74) is 5.60. The average Bonchev–Trinajstić information content (AvgIpc) is 3.16. The van der Waals surface area contributed by atoms with Gasteiger partial charge in [0.15, 0.2) is 0 Å². The summed E-state index contributed by atoms with van der Waals surface area (Å²) in [7, 11) is 1.68. The van der Waals surface area contributed by atoms with Crippen molar-refractivity contribution in [1.29, 1.82) is 0 Å². The van der Waals surface area contributed by atoms with Gasteiger partial charge in [-0.05, 0) is 62.1 Å². The van der Waals surface area contributed by atoms with Gasteiger partial charge in [-0.3, -0.25) is 4.68 Å². The molecule has 1 fully saturated rings. The predicted molar refractivity (Wildman–Crippen MR) is 128 cm³/mol. The second kappa shape index (κ2) is 10.7. The van der Waals surface area contributed by atoms with Crippen molar-refractivity contribution in [3.8, 4) is 28.1 Å². The molecule has 1 aliphatic carbocycles. The van der Waals surface area contributed by atoms with E-state index in [4.69, 9.17) is 19.7 Å². The Morgan fingerprint density at radius 3 is 2.30 bits per heavy atom. The lowest BCUT2D eigenvalue weighted by molar-refractivity contribution is -0.142. The maximum Gasteiger partial charge on any atom is 0.329 e. The molecule has 2 aromatic carbocycles. The van der Waals surface area contributed by atoms with Gasteiger partial charge >= 0.3 is 5.97 Å². The van der Waals surface area contributed by atoms with Gasteiger partial charge in [0, 0.05) is 23.4 Å². The molecule has 0 amide bonds. The van der Waals surface area contributed by atoms with Crippen molar-refractivity contribution >= 4 is 5.97 Å². The first-order chi connectivity index (χ1) is 16.0. The van der Waals surface area contributed by atoms with E-state index in [-0.39, 0.29) is 6.61 Å². The van der Waals surface area contributed by atoms with Gasteiger partial charge in [-0.1, -0.05) is 42.5 Å². The van der Waals surface area contributed by atoms with Gasteiger partial charge in [0.05, 0.1) is 13.7 Å². The molecule has 1 aromatic heterocycles. The third-order valence-electron chi connectivity index (χ3n) is 6.61. The Kier molecular flexibility index (Phi) is 7.45. The molecule has 1 N–H and O–H groups in total. The molecule has 4 rings (SSSR count). The molecule has 1 heterocycles. The van der Waals surface area contributed by atoms with Crippen molar-refractivity contribution in [2.75, 3.05) is 20.3 Å². The van der Waals surface area contributed by atoms with Gasteiger partial charge in [0.25, 0.3) is 0 Å². The minimum atomic E-state index is -0.903. The van der Waals surface area contributed by atoms with E-state index < -0.39 is 5.97 Å². The standard InChI is InChI=1S/C27H32N2O4/c1-19-26(22-12-14-24(32-2)15-13-22)27(23-6-4-3-5-7-23)28-29(19)16-20-8-10-21(11-9-20)17-33-18-25(30)31/h3-7,12-15,20-21H,8-11,16-18H2,1-2H3,(H,30,31)/t20-,21-. The number of hydrogen-bond donors (Lipinski definition) is 1. The lowest BCUT2D eigenvalue weighted by Crippen LogP contribution is -2.23. The van der Waals surface area contributed by atoms with Crippen LogP contribution in [0.15, 0.2) is 54.6 Å². The van der Waals surface area contributed by atoms with E-state index in [0.29, 0.717) is 18.4 Å². The maximum atomic E-state index is 10.7. The summed E-state index contributed by atoms with van der Waals surface area (Å²) >= 11 is 0. The van der Waals surface area contributed by atoms with E-state index in [0.717, 1.165) is 54.8 Å². The second-order valence-electron chi connectivity index (χ2n) is 8.88. The lowest BCUT2D eigenvalue weighted by atomic mass is 9.82. The Labute approximate surface area is 195 Å². The first kappa shape index (κ1) is 23.1. The highest BCUT2D eigenvalue weighted by Gasteiger charge is 2.24. The van der Waals surface area contributed by atoms with Crippen LogP contribution < -0.4 is 4.74 Å². The van der Waals surface area contributed by atoms with E-state index in [1.165, 1.54) is 11.3 Å². The van der Waals surface area contributed by atoms with Crippen LogP contribution in [0, 0.1) is 18.8 Å². The summed E-state index contributed by atoms with van der Waals surface area (Å²) in [6.45, 7) is 3.39. The first-order valence-electron chi connectivity index (χ1n) is 11.6. The normalized spacial score (nSPS) is 18.2. The van der Waals surface area contributed by atoms with Gasteiger partial charge in [-0.15, -0.1) is 0 Å². The number of ether oxygens (including phenoxy) is 2. The fraction of sp³-hybridized carbons (Fsp3) is 0.407. The number of nitrogens with zero attached hydrogens (tertiary/aromatic N) is 2. The van der Waals surface area contributed by atoms with Gasteiger partial charge in [0.2, 0.25) is 0 Å². The number of hydrogen-bond acceptors (Lipinski definition) is 4. The van der Waals surface area contributed by atoms with E-state index in [9.17, 15) is 4.79 Å². The number of methoxy groups -OCH3 is 1. The number of carboxylic acids is 1. The van der Waals surface area contributed by atoms with Crippen LogP contribution in [0.25, 0.3) is 22.4 Å². The number of aliphatic carboxylic acids is 1. The largest absolute Gasteiger partial charge is 0.497 e. The van der Waals surface area contributed by atoms with Crippen molar-refractivity contribution in [1.82, 2.24) is 9.78 Å². The first-order valence-corrected chi connectivity index (χ1v) is 11.6. The highest BCUT2D eigenvalue weighted by molar-refractivity contribution is 5.82. The molecule has 6 heteroatoms. The Morgan fingerprint density at radius 1 is 1.00 bits per heavy atom. The summed E-state index contributed by atoms with van der Waals surface area (Å²) < 4.78 is 12.8. The van der Waals surface area contributed by atoms with Crippen molar-refractivity contribution in [2.45, 2.75) is 39.2 Å². The molecule has 1 saturated carbocycles. The summed E-state index contributed by atoms with van der Waals surface area (Å²) in [6.07, 6.45) is 4.36. The number of carbonyl (C=O) groups is 1. The van der Waals surface area contributed by atoms with Crippen molar-refractivity contribution < 1.29 is 19.4 Å². The molecule has 0 radical (unpaired) electrons. The van der Waals surface area contributed by atoms with Crippen LogP contribution in [0.1, 0.15) is 31.4 Å². The molecule has 1 aliphatic rings. The fourth-order valence-electron chi connectivity index (χ4n) is 4.76. The zero-order chi connectivity index (χ0) is 23.2. The smallest absolute Gasteiger partial charge is 0.329 e. The number of carboxylic acid groups (broad SMARTS) is 1. The SMILES string of the molecule is COc1ccc(-c2c(-c3ccccc3)nn(C[C@H]3CC[C@H](COCC(=O)O)CC3)c2C)cc1. The van der Waals surface area contributed by atoms with Crippen molar-refractivity contribution in [2.24, 2.45) is 11.8 Å². The second-order valence-corrected chi connectivity index (χ2v) is 8.88. The van der Waals surface area contributed by atoms with Crippen molar-refractivity contribution in [3.05, 3.63) is 60.3 Å². The average molecular weight is 449 g/mol. The molecule has 33 heavy (non-hydrogen) atoms. The molecule has 0 spiro atoms. The maximum absolute atomic E-state index is 10.7. The van der Waals surface area contributed by atoms with Crippen LogP contribution in [-0.4, -0.2) is 41.2 Å². The molecule has 0 atom stereocenters. The molecule has 0 bridgehead atoms. The minimum Gasteiger partial charge on any atom is -0.497 e. The third-order valence-corrected chi connectivity index (χ3v) is 6.61. The molecule has 0 unspecified atom stereocenters. The molecular formula is C27H32N2O4. The van der Waals surface area contributed by atoms with E-state index >= 15 is 0 Å². The van der Waals surface area contributed by atoms with Crippen LogP contribution in [0.4, 0.5) is 0 Å². The van der Waals surface area contributed by atoms with Crippen molar-refractivity contribution in [3.63, 3.8) is 0 Å². The Morgan fingerprint density at radius 2 is 1.67 bits per heavy atom. The van der Waals surface area contributed by atoms with E-state index in [1.807, 2.05) is 18.2 Å². The zero-order valence-corrected chi connectivity index (χ0v) is 19.4. The van der Waals surface area contributed by atoms with Gasteiger partial charge in [-0.2, -0.15) is 5.10 Å². The highest BCUT2D eigenvalue weighted by Crippen LogP contribution is 2.37. The van der Waals surface area contributed by atoms with Crippen LogP contribution in [0.3, 0.4) is 0 Å². The summed E-state index contributed by atoms with van der Waals surface area (Å²) in [4.78, 5) is 10.7. The van der Waals surface area contributed by atoms with E-state index in [1.54, 1.807) is 7.11 Å². The molecule has 174 valence electrons. The predicted octanol–water partition coefficient (Wildman–Crippen LogP) is 5.44. The van der Waals surface area contributed by atoms with E-state index in [2.05, 4.69) is 48.0 Å². The van der Waals surface area contributed by atoms with Crippen LogP contribution >= 0.6 is 0 Å². The van der Waals surface area contributed by atoms with Crippen LogP contribution in [0.2, 0.25) is 0 Å². The zero-order valence-electron chi connectivity index (χ0n) is 19.4. The molecule has 0 saturated heterocycles. The summed E-state index contributed by atoms with van der Waals surface area (Å²) in [5, 5.41) is 13.8. The Balaban J connectivity index is 1.52. The molecule has 6 nitrogen and oxygen atoms in total. The third kappa shape index (κ3) is 5.63. The molecular weight excluding hydrogens is 416 g/mol. The monoisotopic (exact) mass is 448 g/mol. The Hall–Kier alpha value is -3.12. The number of aromatic nitrogens is 2. The Bertz CT molecular complexity index is 1050. The fourth-order valence-corrected chi connectivity index (χ4v) is 4.76. The molecule has 0 aliphatic heterocycles. The summed E-state index contributed by atoms with van der Waals surface area (Å²) in [6, 6.07) is 18.5. The number of benzene rings is 2. The van der Waals surface area contributed by atoms with Crippen LogP contribution in [-0.2, 0) is 16.1 Å². The summed E-state index contributed by atoms with van der Waals surface area (Å²) in [5.74, 6) is 0.953. The van der Waals surface area contributed by atoms with Gasteiger partial charge in [0.1, 0.15) is 18.1 Å². The van der Waals surface area contributed by atoms with Gasteiger partial charge < -0.3 is 14.6 Å². The molecule has 3 aromatic rings. The minimum absolute atomic E-state index is 0.206.